The largest absolute Gasteiger partial charge is 0.370 e. The highest BCUT2D eigenvalue weighted by atomic mass is 16.5. The fourth-order valence-electron chi connectivity index (χ4n) is 6.78. The van der Waals surface area contributed by atoms with Crippen LogP contribution < -0.4 is 10.2 Å². The maximum atomic E-state index is 13.7. The van der Waals surface area contributed by atoms with Gasteiger partial charge in [0.05, 0.1) is 18.6 Å². The zero-order valence-electron chi connectivity index (χ0n) is 25.6. The summed E-state index contributed by atoms with van der Waals surface area (Å²) in [6.45, 7) is 8.43. The van der Waals surface area contributed by atoms with E-state index in [4.69, 9.17) is 4.74 Å². The number of anilines is 1. The average Bonchev–Trinajstić information content (AvgIpc) is 3.47. The predicted molar refractivity (Wildman–Crippen MR) is 164 cm³/mol. The number of likely N-dealkylation sites (tertiary alicyclic amines) is 1. The van der Waals surface area contributed by atoms with E-state index in [1.165, 1.54) is 12.8 Å². The van der Waals surface area contributed by atoms with Gasteiger partial charge in [-0.2, -0.15) is 0 Å². The van der Waals surface area contributed by atoms with Crippen molar-refractivity contribution in [2.24, 2.45) is 5.92 Å². The molecule has 2 fully saturated rings. The quantitative estimate of drug-likeness (QED) is 0.496. The summed E-state index contributed by atoms with van der Waals surface area (Å²) < 4.78 is 5.97. The summed E-state index contributed by atoms with van der Waals surface area (Å²) >= 11 is 0. The molecule has 0 spiro atoms. The number of aromatic nitrogens is 2. The van der Waals surface area contributed by atoms with Crippen LogP contribution in [0.25, 0.3) is 0 Å². The maximum absolute atomic E-state index is 13.7. The number of piperidine rings is 1. The Morgan fingerprint density at radius 1 is 1.15 bits per heavy atom. The second-order valence-corrected chi connectivity index (χ2v) is 12.3. The number of nitrogens with one attached hydrogen (secondary N) is 2. The first kappa shape index (κ1) is 29.6. The van der Waals surface area contributed by atoms with Gasteiger partial charge >= 0.3 is 0 Å². The van der Waals surface area contributed by atoms with E-state index in [1.807, 2.05) is 6.07 Å². The molecule has 8 heteroatoms. The van der Waals surface area contributed by atoms with Crippen molar-refractivity contribution in [3.8, 4) is 11.8 Å². The van der Waals surface area contributed by atoms with Crippen molar-refractivity contribution >= 4 is 11.6 Å². The zero-order valence-corrected chi connectivity index (χ0v) is 25.6. The van der Waals surface area contributed by atoms with E-state index in [1.54, 1.807) is 6.33 Å². The van der Waals surface area contributed by atoms with E-state index >= 15 is 0 Å². The number of hydrogen-bond acceptors (Lipinski definition) is 6. The molecular weight excluding hydrogens is 512 g/mol. The van der Waals surface area contributed by atoms with E-state index in [0.717, 1.165) is 79.9 Å². The molecule has 1 amide bonds. The molecular formula is C33H48N6O2. The van der Waals surface area contributed by atoms with Gasteiger partial charge in [0.25, 0.3) is 5.91 Å². The molecule has 1 unspecified atom stereocenters. The first-order valence-corrected chi connectivity index (χ1v) is 15.5. The molecule has 41 heavy (non-hydrogen) atoms. The second-order valence-electron chi connectivity index (χ2n) is 12.3. The Bertz CT molecular complexity index is 1240. The summed E-state index contributed by atoms with van der Waals surface area (Å²) in [5.74, 6) is 7.37. The van der Waals surface area contributed by atoms with Gasteiger partial charge in [-0.3, -0.25) is 4.79 Å². The number of rotatable bonds is 7. The molecule has 0 radical (unpaired) electrons. The minimum atomic E-state index is -0.236. The van der Waals surface area contributed by atoms with Crippen LogP contribution in [0.4, 0.5) is 5.69 Å². The molecule has 8 nitrogen and oxygen atoms in total. The highest BCUT2D eigenvalue weighted by Crippen LogP contribution is 2.33. The lowest BCUT2D eigenvalue weighted by Gasteiger charge is -2.40. The summed E-state index contributed by atoms with van der Waals surface area (Å²) in [6.07, 6.45) is 9.22. The van der Waals surface area contributed by atoms with Crippen molar-refractivity contribution in [1.29, 1.82) is 0 Å². The van der Waals surface area contributed by atoms with E-state index in [0.29, 0.717) is 36.7 Å². The Labute approximate surface area is 246 Å². The predicted octanol–water partition coefficient (Wildman–Crippen LogP) is 4.15. The molecule has 5 rings (SSSR count). The third-order valence-corrected chi connectivity index (χ3v) is 9.43. The lowest BCUT2D eigenvalue weighted by atomic mass is 9.88. The number of carbonyl (C=O) groups is 1. The molecule has 3 heterocycles. The molecule has 1 saturated heterocycles. The number of fused-ring (bicyclic) bond motifs is 1. The van der Waals surface area contributed by atoms with Gasteiger partial charge in [-0.1, -0.05) is 11.8 Å². The van der Waals surface area contributed by atoms with Gasteiger partial charge in [0.15, 0.2) is 0 Å². The van der Waals surface area contributed by atoms with Crippen molar-refractivity contribution in [3.63, 3.8) is 0 Å². The first-order chi connectivity index (χ1) is 19.8. The molecule has 0 bridgehead atoms. The summed E-state index contributed by atoms with van der Waals surface area (Å²) in [7, 11) is 6.56. The third-order valence-electron chi connectivity index (χ3n) is 9.43. The summed E-state index contributed by atoms with van der Waals surface area (Å²) in [4.78, 5) is 28.6. The fraction of sp³-hybridized carbons (Fsp3) is 0.636. The number of carbonyl (C=O) groups excluding carboxylic acids is 1. The van der Waals surface area contributed by atoms with Crippen LogP contribution in [-0.2, 0) is 11.2 Å². The van der Waals surface area contributed by atoms with Gasteiger partial charge in [-0.05, 0) is 104 Å². The van der Waals surface area contributed by atoms with Gasteiger partial charge in [0.2, 0.25) is 0 Å². The molecule has 1 saturated carbocycles. The number of hydrogen-bond donors (Lipinski definition) is 2. The minimum absolute atomic E-state index is 0.0784. The SMILES string of the molecule is CCN(c1cc(C#CC2CCN(C)CC2)cc(C(=O)NCC2OCCc3[nH]cnc32)c1C)C1CCC(N(C)C)CC1. The van der Waals surface area contributed by atoms with Gasteiger partial charge in [0.1, 0.15) is 6.10 Å². The number of nitrogens with zero attached hydrogens (tertiary/aromatic N) is 4. The number of amides is 1. The van der Waals surface area contributed by atoms with Crippen LogP contribution in [0.3, 0.4) is 0 Å². The Balaban J connectivity index is 1.40. The van der Waals surface area contributed by atoms with E-state index in [9.17, 15) is 4.79 Å². The fourth-order valence-corrected chi connectivity index (χ4v) is 6.78. The van der Waals surface area contributed by atoms with E-state index < -0.39 is 0 Å². The summed E-state index contributed by atoms with van der Waals surface area (Å²) in [6, 6.07) is 5.34. The molecule has 222 valence electrons. The lowest BCUT2D eigenvalue weighted by Crippen LogP contribution is -2.42. The highest BCUT2D eigenvalue weighted by molar-refractivity contribution is 5.97. The maximum Gasteiger partial charge on any atom is 0.251 e. The Morgan fingerprint density at radius 3 is 2.59 bits per heavy atom. The Kier molecular flexibility index (Phi) is 9.69. The lowest BCUT2D eigenvalue weighted by molar-refractivity contribution is 0.0380. The molecule has 2 N–H and O–H groups in total. The topological polar surface area (TPSA) is 76.7 Å². The van der Waals surface area contributed by atoms with Crippen molar-refractivity contribution in [2.75, 3.05) is 58.8 Å². The monoisotopic (exact) mass is 560 g/mol. The molecule has 3 aliphatic rings. The number of H-pyrrole nitrogens is 1. The standard InChI is InChI=1S/C33H48N6O2/c1-6-39(27-11-9-26(10-12-27)37(3)4)30-20-25(8-7-24-13-16-38(5)17-14-24)19-28(23(30)2)33(40)34-21-31-32-29(15-18-41-31)35-22-36-32/h19-20,22,24,26-27,31H,6,9-18,21H2,1-5H3,(H,34,40)(H,35,36). The Hall–Kier alpha value is -2.86. The smallest absolute Gasteiger partial charge is 0.251 e. The van der Waals surface area contributed by atoms with Crippen molar-refractivity contribution in [2.45, 2.75) is 77.0 Å². The molecule has 1 aromatic carbocycles. The van der Waals surface area contributed by atoms with Crippen LogP contribution in [-0.4, -0.2) is 91.7 Å². The van der Waals surface area contributed by atoms with Crippen LogP contribution in [0.5, 0.6) is 0 Å². The van der Waals surface area contributed by atoms with Crippen LogP contribution in [0, 0.1) is 24.7 Å². The van der Waals surface area contributed by atoms with E-state index in [2.05, 4.69) is 82.9 Å². The van der Waals surface area contributed by atoms with Crippen LogP contribution in [0.15, 0.2) is 18.5 Å². The van der Waals surface area contributed by atoms with Crippen molar-refractivity contribution < 1.29 is 9.53 Å². The molecule has 2 aromatic rings. The number of ether oxygens (including phenoxy) is 1. The van der Waals surface area contributed by atoms with Gasteiger partial charge < -0.3 is 29.7 Å². The van der Waals surface area contributed by atoms with Gasteiger partial charge in [-0.25, -0.2) is 4.98 Å². The summed E-state index contributed by atoms with van der Waals surface area (Å²) in [5, 5.41) is 3.16. The number of aromatic amines is 1. The first-order valence-electron chi connectivity index (χ1n) is 15.5. The minimum Gasteiger partial charge on any atom is -0.370 e. The molecule has 1 aromatic heterocycles. The second kappa shape index (κ2) is 13.4. The Morgan fingerprint density at radius 2 is 1.88 bits per heavy atom. The van der Waals surface area contributed by atoms with Crippen LogP contribution >= 0.6 is 0 Å². The van der Waals surface area contributed by atoms with E-state index in [-0.39, 0.29) is 12.0 Å². The van der Waals surface area contributed by atoms with Crippen LogP contribution in [0.1, 0.15) is 84.4 Å². The van der Waals surface area contributed by atoms with Gasteiger partial charge in [-0.15, -0.1) is 0 Å². The highest BCUT2D eigenvalue weighted by Gasteiger charge is 2.29. The zero-order chi connectivity index (χ0) is 28.9. The van der Waals surface area contributed by atoms with Crippen molar-refractivity contribution in [3.05, 3.63) is 46.5 Å². The summed E-state index contributed by atoms with van der Waals surface area (Å²) in [5.41, 5.74) is 5.80. The van der Waals surface area contributed by atoms with Crippen LogP contribution in [0.2, 0.25) is 0 Å². The van der Waals surface area contributed by atoms with Gasteiger partial charge in [0, 0.05) is 60.0 Å². The molecule has 2 aliphatic heterocycles. The normalized spacial score (nSPS) is 23.5. The van der Waals surface area contributed by atoms with Crippen molar-refractivity contribution in [1.82, 2.24) is 25.1 Å². The number of benzene rings is 1. The third kappa shape index (κ3) is 6.97. The average molecular weight is 561 g/mol. The molecule has 1 atom stereocenters. The number of imidazole rings is 1. The molecule has 1 aliphatic carbocycles.